The Hall–Kier alpha value is -0.940. The summed E-state index contributed by atoms with van der Waals surface area (Å²) >= 11 is 0. The first-order valence-corrected chi connectivity index (χ1v) is 9.82. The minimum absolute atomic E-state index is 0.439. The first kappa shape index (κ1) is 18.8. The van der Waals surface area contributed by atoms with Crippen molar-refractivity contribution >= 4 is 0 Å². The first-order valence-electron chi connectivity index (χ1n) is 9.82. The Morgan fingerprint density at radius 1 is 1.12 bits per heavy atom. The summed E-state index contributed by atoms with van der Waals surface area (Å²) in [7, 11) is 0. The molecule has 1 unspecified atom stereocenters. The zero-order chi connectivity index (χ0) is 17.4. The number of hydrogen-bond donors (Lipinski definition) is 0. The maximum absolute atomic E-state index is 5.85. The largest absolute Gasteiger partial charge is 0.381 e. The summed E-state index contributed by atoms with van der Waals surface area (Å²) in [5.74, 6) is 0.567. The molecule has 2 heterocycles. The third-order valence-electron chi connectivity index (χ3n) is 5.97. The van der Waals surface area contributed by atoms with E-state index in [1.54, 1.807) is 0 Å². The van der Waals surface area contributed by atoms with Crippen LogP contribution in [0.1, 0.15) is 31.7 Å². The van der Waals surface area contributed by atoms with Crippen molar-refractivity contribution in [1.29, 1.82) is 0 Å². The summed E-state index contributed by atoms with van der Waals surface area (Å²) in [5, 5.41) is 0. The highest BCUT2D eigenvalue weighted by Gasteiger charge is 2.43. The van der Waals surface area contributed by atoms with Crippen molar-refractivity contribution in [2.24, 2.45) is 11.3 Å². The molecule has 2 saturated heterocycles. The van der Waals surface area contributed by atoms with Crippen molar-refractivity contribution in [3.05, 3.63) is 35.9 Å². The molecule has 0 bridgehead atoms. The van der Waals surface area contributed by atoms with E-state index < -0.39 is 0 Å². The molecule has 4 heteroatoms. The number of nitrogens with zero attached hydrogens (tertiary/aromatic N) is 1. The van der Waals surface area contributed by atoms with Crippen LogP contribution in [0.15, 0.2) is 30.3 Å². The lowest BCUT2D eigenvalue weighted by molar-refractivity contribution is -0.0998. The van der Waals surface area contributed by atoms with Gasteiger partial charge in [0.25, 0.3) is 0 Å². The van der Waals surface area contributed by atoms with Gasteiger partial charge >= 0.3 is 0 Å². The average molecular weight is 347 g/mol. The minimum Gasteiger partial charge on any atom is -0.381 e. The van der Waals surface area contributed by atoms with Crippen molar-refractivity contribution in [1.82, 2.24) is 4.90 Å². The topological polar surface area (TPSA) is 30.9 Å². The van der Waals surface area contributed by atoms with Gasteiger partial charge in [0.2, 0.25) is 0 Å². The van der Waals surface area contributed by atoms with Gasteiger partial charge in [-0.05, 0) is 50.3 Å². The Kier molecular flexibility index (Phi) is 7.29. The Morgan fingerprint density at radius 3 is 2.68 bits per heavy atom. The molecule has 1 spiro atoms. The van der Waals surface area contributed by atoms with E-state index in [4.69, 9.17) is 14.2 Å². The molecule has 0 radical (unpaired) electrons. The molecule has 1 atom stereocenters. The molecular formula is C21H33NO3. The second kappa shape index (κ2) is 9.67. The Morgan fingerprint density at radius 2 is 1.92 bits per heavy atom. The fourth-order valence-electron chi connectivity index (χ4n) is 4.21. The summed E-state index contributed by atoms with van der Waals surface area (Å²) in [6, 6.07) is 10.4. The zero-order valence-corrected chi connectivity index (χ0v) is 15.6. The standard InChI is InChI=1S/C21H33NO3/c1-2-23-17-20-18-24-14-10-21(20)8-11-22(12-9-21)13-15-25-16-19-6-4-3-5-7-19/h3-7,20H,2,8-18H2,1H3. The fraction of sp³-hybridized carbons (Fsp3) is 0.714. The highest BCUT2D eigenvalue weighted by molar-refractivity contribution is 5.13. The van der Waals surface area contributed by atoms with Gasteiger partial charge in [0.1, 0.15) is 0 Å². The van der Waals surface area contributed by atoms with Gasteiger partial charge < -0.3 is 19.1 Å². The molecule has 0 aromatic heterocycles. The smallest absolute Gasteiger partial charge is 0.0717 e. The summed E-state index contributed by atoms with van der Waals surface area (Å²) in [6.07, 6.45) is 3.74. The van der Waals surface area contributed by atoms with E-state index in [2.05, 4.69) is 36.1 Å². The van der Waals surface area contributed by atoms with Crippen molar-refractivity contribution in [3.63, 3.8) is 0 Å². The van der Waals surface area contributed by atoms with Crippen LogP contribution in [0, 0.1) is 11.3 Å². The molecular weight excluding hydrogens is 314 g/mol. The number of piperidine rings is 1. The summed E-state index contributed by atoms with van der Waals surface area (Å²) < 4.78 is 17.3. The summed E-state index contributed by atoms with van der Waals surface area (Å²) in [6.45, 7) is 10.5. The SMILES string of the molecule is CCOCC1COCCC12CCN(CCOCc1ccccc1)CC2. The van der Waals surface area contributed by atoms with Gasteiger partial charge in [-0.25, -0.2) is 0 Å². The van der Waals surface area contributed by atoms with E-state index in [-0.39, 0.29) is 0 Å². The van der Waals surface area contributed by atoms with Gasteiger partial charge in [-0.3, -0.25) is 0 Å². The Labute approximate surface area is 152 Å². The second-order valence-corrected chi connectivity index (χ2v) is 7.42. The predicted molar refractivity (Wildman–Crippen MR) is 99.6 cm³/mol. The van der Waals surface area contributed by atoms with Crippen LogP contribution in [0.25, 0.3) is 0 Å². The van der Waals surface area contributed by atoms with Crippen LogP contribution in [-0.2, 0) is 20.8 Å². The van der Waals surface area contributed by atoms with Crippen LogP contribution < -0.4 is 0 Å². The first-order chi connectivity index (χ1) is 12.3. The van der Waals surface area contributed by atoms with Crippen LogP contribution in [-0.4, -0.2) is 57.6 Å². The number of benzene rings is 1. The molecule has 2 aliphatic heterocycles. The van der Waals surface area contributed by atoms with Crippen molar-refractivity contribution < 1.29 is 14.2 Å². The van der Waals surface area contributed by atoms with Gasteiger partial charge in [-0.2, -0.15) is 0 Å². The highest BCUT2D eigenvalue weighted by atomic mass is 16.5. The van der Waals surface area contributed by atoms with Crippen LogP contribution in [0.5, 0.6) is 0 Å². The second-order valence-electron chi connectivity index (χ2n) is 7.42. The number of hydrogen-bond acceptors (Lipinski definition) is 4. The Balaban J connectivity index is 1.38. The van der Waals surface area contributed by atoms with E-state index in [0.717, 1.165) is 39.6 Å². The monoisotopic (exact) mass is 347 g/mol. The van der Waals surface area contributed by atoms with Crippen molar-refractivity contribution in [2.75, 3.05) is 52.7 Å². The van der Waals surface area contributed by atoms with E-state index in [1.807, 2.05) is 6.07 Å². The van der Waals surface area contributed by atoms with Crippen LogP contribution in [0.3, 0.4) is 0 Å². The molecule has 0 aliphatic carbocycles. The quantitative estimate of drug-likeness (QED) is 0.675. The third kappa shape index (κ3) is 5.27. The van der Waals surface area contributed by atoms with Crippen molar-refractivity contribution in [2.45, 2.75) is 32.8 Å². The number of ether oxygens (including phenoxy) is 3. The molecule has 0 saturated carbocycles. The fourth-order valence-corrected chi connectivity index (χ4v) is 4.21. The summed E-state index contributed by atoms with van der Waals surface area (Å²) in [4.78, 5) is 2.56. The lowest BCUT2D eigenvalue weighted by atomic mass is 9.66. The molecule has 4 nitrogen and oxygen atoms in total. The van der Waals surface area contributed by atoms with Crippen LogP contribution in [0.2, 0.25) is 0 Å². The maximum Gasteiger partial charge on any atom is 0.0717 e. The molecule has 3 rings (SSSR count). The molecule has 2 aliphatic rings. The molecule has 0 amide bonds. The van der Waals surface area contributed by atoms with Gasteiger partial charge in [-0.15, -0.1) is 0 Å². The molecule has 1 aromatic rings. The van der Waals surface area contributed by atoms with Gasteiger partial charge in [0, 0.05) is 25.7 Å². The lowest BCUT2D eigenvalue weighted by Crippen LogP contribution is -2.49. The predicted octanol–water partition coefficient (Wildman–Crippen LogP) is 3.36. The molecule has 0 N–H and O–H groups in total. The lowest BCUT2D eigenvalue weighted by Gasteiger charge is -2.49. The Bertz CT molecular complexity index is 485. The van der Waals surface area contributed by atoms with E-state index in [1.165, 1.54) is 37.9 Å². The highest BCUT2D eigenvalue weighted by Crippen LogP contribution is 2.44. The summed E-state index contributed by atoms with van der Waals surface area (Å²) in [5.41, 5.74) is 1.69. The average Bonchev–Trinajstić information content (AvgIpc) is 2.67. The zero-order valence-electron chi connectivity index (χ0n) is 15.6. The minimum atomic E-state index is 0.439. The van der Waals surface area contributed by atoms with Gasteiger partial charge in [0.15, 0.2) is 0 Å². The molecule has 140 valence electrons. The van der Waals surface area contributed by atoms with Crippen molar-refractivity contribution in [3.8, 4) is 0 Å². The van der Waals surface area contributed by atoms with Gasteiger partial charge in [-0.1, -0.05) is 30.3 Å². The molecule has 25 heavy (non-hydrogen) atoms. The normalized spacial score (nSPS) is 23.8. The maximum atomic E-state index is 5.85. The molecule has 1 aromatic carbocycles. The van der Waals surface area contributed by atoms with E-state index in [0.29, 0.717) is 17.9 Å². The van der Waals surface area contributed by atoms with Crippen LogP contribution >= 0.6 is 0 Å². The molecule has 2 fully saturated rings. The van der Waals surface area contributed by atoms with E-state index in [9.17, 15) is 0 Å². The number of likely N-dealkylation sites (tertiary alicyclic amines) is 1. The van der Waals surface area contributed by atoms with Gasteiger partial charge in [0.05, 0.1) is 26.4 Å². The van der Waals surface area contributed by atoms with Crippen LogP contribution in [0.4, 0.5) is 0 Å². The third-order valence-corrected chi connectivity index (χ3v) is 5.97. The van der Waals surface area contributed by atoms with E-state index >= 15 is 0 Å². The number of rotatable bonds is 8.